The third-order valence-corrected chi connectivity index (χ3v) is 2.45. The smallest absolute Gasteiger partial charge is 0.351 e. The molecular formula is C11H10F3N. The standard InChI is InChI=1S/C11H10F3N/c1-2-7-8-5-3-4-6-9(8)15-10(7)11(12,13)14/h3-6,15H,2H2,1H3. The fraction of sp³-hybridized carbons (Fsp3) is 0.273. The molecule has 1 N–H and O–H groups in total. The largest absolute Gasteiger partial charge is 0.431 e. The predicted octanol–water partition coefficient (Wildman–Crippen LogP) is 3.75. The molecule has 0 spiro atoms. The van der Waals surface area contributed by atoms with E-state index in [1.165, 1.54) is 0 Å². The van der Waals surface area contributed by atoms with Gasteiger partial charge in [-0.15, -0.1) is 0 Å². The minimum absolute atomic E-state index is 0.345. The van der Waals surface area contributed by atoms with Crippen molar-refractivity contribution in [3.63, 3.8) is 0 Å². The topological polar surface area (TPSA) is 15.8 Å². The highest BCUT2D eigenvalue weighted by Crippen LogP contribution is 2.35. The van der Waals surface area contributed by atoms with Crippen molar-refractivity contribution in [3.05, 3.63) is 35.5 Å². The summed E-state index contributed by atoms with van der Waals surface area (Å²) in [5.41, 5.74) is 0.269. The van der Waals surface area contributed by atoms with Crippen LogP contribution in [0.2, 0.25) is 0 Å². The van der Waals surface area contributed by atoms with Gasteiger partial charge in [-0.25, -0.2) is 0 Å². The SMILES string of the molecule is CCc1c(C(F)(F)F)[nH]c2ccccc12. The number of para-hydroxylation sites is 1. The molecule has 0 aliphatic carbocycles. The summed E-state index contributed by atoms with van der Waals surface area (Å²) in [6, 6.07) is 6.83. The lowest BCUT2D eigenvalue weighted by Gasteiger charge is -2.05. The lowest BCUT2D eigenvalue weighted by Crippen LogP contribution is -2.08. The molecule has 0 unspecified atom stereocenters. The van der Waals surface area contributed by atoms with Crippen LogP contribution in [0.25, 0.3) is 10.9 Å². The van der Waals surface area contributed by atoms with Gasteiger partial charge in [0.25, 0.3) is 0 Å². The lowest BCUT2D eigenvalue weighted by atomic mass is 10.1. The Morgan fingerprint density at radius 2 is 1.87 bits per heavy atom. The van der Waals surface area contributed by atoms with Gasteiger partial charge in [0.15, 0.2) is 0 Å². The molecule has 0 aliphatic rings. The summed E-state index contributed by atoms with van der Waals surface area (Å²) in [7, 11) is 0. The average molecular weight is 213 g/mol. The minimum atomic E-state index is -4.30. The van der Waals surface area contributed by atoms with Crippen molar-refractivity contribution < 1.29 is 13.2 Å². The van der Waals surface area contributed by atoms with Crippen molar-refractivity contribution >= 4 is 10.9 Å². The zero-order valence-corrected chi connectivity index (χ0v) is 8.15. The second-order valence-electron chi connectivity index (χ2n) is 3.38. The normalized spacial score (nSPS) is 12.3. The van der Waals surface area contributed by atoms with Crippen LogP contribution in [0.15, 0.2) is 24.3 Å². The zero-order chi connectivity index (χ0) is 11.1. The molecule has 2 aromatic rings. The molecule has 1 heterocycles. The molecule has 80 valence electrons. The zero-order valence-electron chi connectivity index (χ0n) is 8.15. The number of aryl methyl sites for hydroxylation is 1. The maximum Gasteiger partial charge on any atom is 0.431 e. The number of hydrogen-bond donors (Lipinski definition) is 1. The van der Waals surface area contributed by atoms with Gasteiger partial charge >= 0.3 is 6.18 Å². The number of alkyl halides is 3. The first kappa shape index (κ1) is 10.1. The third-order valence-electron chi connectivity index (χ3n) is 2.45. The fourth-order valence-electron chi connectivity index (χ4n) is 1.81. The second-order valence-corrected chi connectivity index (χ2v) is 3.38. The number of halogens is 3. The van der Waals surface area contributed by atoms with Gasteiger partial charge in [0.2, 0.25) is 0 Å². The van der Waals surface area contributed by atoms with Crippen LogP contribution in [0, 0.1) is 0 Å². The minimum Gasteiger partial charge on any atom is -0.351 e. The first-order chi connectivity index (χ1) is 7.04. The van der Waals surface area contributed by atoms with Crippen LogP contribution < -0.4 is 0 Å². The van der Waals surface area contributed by atoms with E-state index in [1.54, 1.807) is 31.2 Å². The molecule has 1 aromatic heterocycles. The maximum absolute atomic E-state index is 12.6. The first-order valence-corrected chi connectivity index (χ1v) is 4.70. The first-order valence-electron chi connectivity index (χ1n) is 4.70. The second kappa shape index (κ2) is 3.29. The quantitative estimate of drug-likeness (QED) is 0.742. The highest BCUT2D eigenvalue weighted by Gasteiger charge is 2.35. The van der Waals surface area contributed by atoms with Crippen LogP contribution in [-0.2, 0) is 12.6 Å². The average Bonchev–Trinajstić information content (AvgIpc) is 2.55. The monoisotopic (exact) mass is 213 g/mol. The number of aromatic amines is 1. The van der Waals surface area contributed by atoms with Crippen molar-refractivity contribution in [2.24, 2.45) is 0 Å². The van der Waals surface area contributed by atoms with Crippen LogP contribution in [-0.4, -0.2) is 4.98 Å². The molecule has 0 saturated heterocycles. The summed E-state index contributed by atoms with van der Waals surface area (Å²) >= 11 is 0. The molecule has 0 aliphatic heterocycles. The van der Waals surface area contributed by atoms with Crippen LogP contribution >= 0.6 is 0 Å². The van der Waals surface area contributed by atoms with Crippen LogP contribution in [0.4, 0.5) is 13.2 Å². The fourth-order valence-corrected chi connectivity index (χ4v) is 1.81. The Balaban J connectivity index is 2.75. The summed E-state index contributed by atoms with van der Waals surface area (Å²) < 4.78 is 37.9. The van der Waals surface area contributed by atoms with Gasteiger partial charge in [-0.05, 0) is 18.1 Å². The number of fused-ring (bicyclic) bond motifs is 1. The molecule has 0 radical (unpaired) electrons. The van der Waals surface area contributed by atoms with Crippen molar-refractivity contribution in [2.75, 3.05) is 0 Å². The molecule has 1 aromatic carbocycles. The Bertz CT molecular complexity index is 482. The molecule has 4 heteroatoms. The van der Waals surface area contributed by atoms with Gasteiger partial charge in [0, 0.05) is 10.9 Å². The van der Waals surface area contributed by atoms with Crippen LogP contribution in [0.3, 0.4) is 0 Å². The number of hydrogen-bond acceptors (Lipinski definition) is 0. The number of rotatable bonds is 1. The number of benzene rings is 1. The van der Waals surface area contributed by atoms with E-state index in [4.69, 9.17) is 0 Å². The van der Waals surface area contributed by atoms with Crippen molar-refractivity contribution in [1.29, 1.82) is 0 Å². The van der Waals surface area contributed by atoms with Crippen molar-refractivity contribution in [2.45, 2.75) is 19.5 Å². The molecule has 0 fully saturated rings. The highest BCUT2D eigenvalue weighted by molar-refractivity contribution is 5.84. The Morgan fingerprint density at radius 1 is 1.20 bits per heavy atom. The number of H-pyrrole nitrogens is 1. The van der Waals surface area contributed by atoms with E-state index in [-0.39, 0.29) is 0 Å². The summed E-state index contributed by atoms with van der Waals surface area (Å²) in [4.78, 5) is 2.43. The molecule has 0 saturated carbocycles. The maximum atomic E-state index is 12.6. The Labute approximate surface area is 84.9 Å². The Kier molecular flexibility index (Phi) is 2.21. The van der Waals surface area contributed by atoms with E-state index in [0.717, 1.165) is 0 Å². The van der Waals surface area contributed by atoms with E-state index >= 15 is 0 Å². The van der Waals surface area contributed by atoms with Crippen LogP contribution in [0.5, 0.6) is 0 Å². The molecular weight excluding hydrogens is 203 g/mol. The summed E-state index contributed by atoms with van der Waals surface area (Å²) in [5.74, 6) is 0. The van der Waals surface area contributed by atoms with Crippen LogP contribution in [0.1, 0.15) is 18.2 Å². The molecule has 0 atom stereocenters. The predicted molar refractivity (Wildman–Crippen MR) is 52.7 cm³/mol. The highest BCUT2D eigenvalue weighted by atomic mass is 19.4. The number of nitrogens with one attached hydrogen (secondary N) is 1. The van der Waals surface area contributed by atoms with E-state index in [2.05, 4.69) is 4.98 Å². The van der Waals surface area contributed by atoms with E-state index in [0.29, 0.717) is 22.9 Å². The molecule has 0 amide bonds. The van der Waals surface area contributed by atoms with Gasteiger partial charge in [-0.1, -0.05) is 25.1 Å². The molecule has 0 bridgehead atoms. The summed E-state index contributed by atoms with van der Waals surface area (Å²) in [6.45, 7) is 1.73. The Hall–Kier alpha value is -1.45. The summed E-state index contributed by atoms with van der Waals surface area (Å²) in [5, 5.41) is 0.660. The molecule has 15 heavy (non-hydrogen) atoms. The third kappa shape index (κ3) is 1.60. The van der Waals surface area contributed by atoms with Gasteiger partial charge in [0.1, 0.15) is 5.69 Å². The van der Waals surface area contributed by atoms with E-state index in [1.807, 2.05) is 0 Å². The lowest BCUT2D eigenvalue weighted by molar-refractivity contribution is -0.141. The van der Waals surface area contributed by atoms with Gasteiger partial charge < -0.3 is 4.98 Å². The van der Waals surface area contributed by atoms with E-state index < -0.39 is 11.9 Å². The Morgan fingerprint density at radius 3 is 2.47 bits per heavy atom. The summed E-state index contributed by atoms with van der Waals surface area (Å²) in [6.07, 6.45) is -3.93. The van der Waals surface area contributed by atoms with Gasteiger partial charge in [-0.3, -0.25) is 0 Å². The van der Waals surface area contributed by atoms with Crippen molar-refractivity contribution in [3.8, 4) is 0 Å². The molecule has 2 rings (SSSR count). The molecule has 1 nitrogen and oxygen atoms in total. The van der Waals surface area contributed by atoms with Gasteiger partial charge in [-0.2, -0.15) is 13.2 Å². The van der Waals surface area contributed by atoms with E-state index in [9.17, 15) is 13.2 Å². The number of aromatic nitrogens is 1. The van der Waals surface area contributed by atoms with Gasteiger partial charge in [0.05, 0.1) is 0 Å². The van der Waals surface area contributed by atoms with Crippen molar-refractivity contribution in [1.82, 2.24) is 4.98 Å².